The number of aliphatic hydroxyl groups is 3. The molecule has 0 saturated carbocycles. The van der Waals surface area contributed by atoms with E-state index in [4.69, 9.17) is 15.3 Å². The fourth-order valence-electron chi connectivity index (χ4n) is 0.939. The van der Waals surface area contributed by atoms with Crippen LogP contribution in [0.5, 0.6) is 0 Å². The molecule has 1 aliphatic carbocycles. The van der Waals surface area contributed by atoms with E-state index < -0.39 is 6.10 Å². The van der Waals surface area contributed by atoms with Crippen molar-refractivity contribution in [3.8, 4) is 0 Å². The SMILES string of the molecule is CC1=CC(O)=C(O)[C@H](O)C1. The van der Waals surface area contributed by atoms with Crippen LogP contribution in [0.3, 0.4) is 0 Å². The van der Waals surface area contributed by atoms with Crippen molar-refractivity contribution in [2.45, 2.75) is 19.4 Å². The lowest BCUT2D eigenvalue weighted by molar-refractivity contribution is 0.137. The van der Waals surface area contributed by atoms with Crippen LogP contribution in [0.25, 0.3) is 0 Å². The molecular weight excluding hydrogens is 132 g/mol. The molecule has 0 aromatic heterocycles. The average molecular weight is 142 g/mol. The molecule has 0 aromatic carbocycles. The van der Waals surface area contributed by atoms with Gasteiger partial charge in [-0.25, -0.2) is 0 Å². The second kappa shape index (κ2) is 2.34. The number of aliphatic hydroxyl groups excluding tert-OH is 3. The molecule has 56 valence electrons. The molecule has 0 saturated heterocycles. The Kier molecular flexibility index (Phi) is 1.68. The van der Waals surface area contributed by atoms with E-state index in [2.05, 4.69) is 0 Å². The van der Waals surface area contributed by atoms with Crippen molar-refractivity contribution in [2.24, 2.45) is 0 Å². The molecule has 0 heterocycles. The highest BCUT2D eigenvalue weighted by atomic mass is 16.3. The van der Waals surface area contributed by atoms with Gasteiger partial charge < -0.3 is 15.3 Å². The summed E-state index contributed by atoms with van der Waals surface area (Å²) in [5, 5.41) is 26.8. The second-order valence-electron chi connectivity index (χ2n) is 2.48. The third-order valence-electron chi connectivity index (χ3n) is 1.48. The Balaban J connectivity index is 2.92. The molecule has 0 aromatic rings. The Morgan fingerprint density at radius 3 is 2.60 bits per heavy atom. The van der Waals surface area contributed by atoms with Crippen LogP contribution in [0.2, 0.25) is 0 Å². The van der Waals surface area contributed by atoms with Gasteiger partial charge in [0.2, 0.25) is 0 Å². The first-order valence-corrected chi connectivity index (χ1v) is 3.08. The Morgan fingerprint density at radius 2 is 2.10 bits per heavy atom. The molecule has 3 heteroatoms. The zero-order chi connectivity index (χ0) is 7.72. The van der Waals surface area contributed by atoms with E-state index >= 15 is 0 Å². The van der Waals surface area contributed by atoms with Gasteiger partial charge in [0.1, 0.15) is 6.10 Å². The third kappa shape index (κ3) is 1.14. The minimum absolute atomic E-state index is 0.226. The normalized spacial score (nSPS) is 26.6. The second-order valence-corrected chi connectivity index (χ2v) is 2.48. The lowest BCUT2D eigenvalue weighted by Gasteiger charge is -2.15. The molecule has 0 spiro atoms. The van der Waals surface area contributed by atoms with E-state index in [9.17, 15) is 0 Å². The lowest BCUT2D eigenvalue weighted by atomic mass is 10.0. The Bertz CT molecular complexity index is 203. The van der Waals surface area contributed by atoms with E-state index in [-0.39, 0.29) is 11.5 Å². The summed E-state index contributed by atoms with van der Waals surface area (Å²) >= 11 is 0. The van der Waals surface area contributed by atoms with E-state index in [1.807, 2.05) is 0 Å². The van der Waals surface area contributed by atoms with Crippen molar-refractivity contribution >= 4 is 0 Å². The van der Waals surface area contributed by atoms with Gasteiger partial charge in [-0.05, 0) is 13.0 Å². The number of hydrogen-bond donors (Lipinski definition) is 3. The molecule has 10 heavy (non-hydrogen) atoms. The molecule has 0 aliphatic heterocycles. The monoisotopic (exact) mass is 142 g/mol. The van der Waals surface area contributed by atoms with Crippen LogP contribution in [-0.2, 0) is 0 Å². The van der Waals surface area contributed by atoms with Crippen LogP contribution in [-0.4, -0.2) is 21.4 Å². The van der Waals surface area contributed by atoms with Crippen LogP contribution in [0.1, 0.15) is 13.3 Å². The summed E-state index contributed by atoms with van der Waals surface area (Å²) in [7, 11) is 0. The highest BCUT2D eigenvalue weighted by molar-refractivity contribution is 5.26. The smallest absolute Gasteiger partial charge is 0.163 e. The van der Waals surface area contributed by atoms with Crippen LogP contribution < -0.4 is 0 Å². The molecular formula is C7H10O3. The Labute approximate surface area is 58.9 Å². The summed E-state index contributed by atoms with van der Waals surface area (Å²) in [5.74, 6) is -0.554. The molecule has 3 N–H and O–H groups in total. The molecule has 0 bridgehead atoms. The molecule has 1 aliphatic rings. The number of allylic oxidation sites excluding steroid dienone is 1. The third-order valence-corrected chi connectivity index (χ3v) is 1.48. The Hall–Kier alpha value is -0.960. The van der Waals surface area contributed by atoms with Crippen molar-refractivity contribution in [1.29, 1.82) is 0 Å². The molecule has 3 nitrogen and oxygen atoms in total. The fraction of sp³-hybridized carbons (Fsp3) is 0.429. The fourth-order valence-corrected chi connectivity index (χ4v) is 0.939. The maximum atomic E-state index is 9.01. The van der Waals surface area contributed by atoms with Gasteiger partial charge in [-0.2, -0.15) is 0 Å². The quantitative estimate of drug-likeness (QED) is 0.473. The van der Waals surface area contributed by atoms with Crippen molar-refractivity contribution in [2.75, 3.05) is 0 Å². The summed E-state index contributed by atoms with van der Waals surface area (Å²) in [6.45, 7) is 1.78. The van der Waals surface area contributed by atoms with Crippen molar-refractivity contribution < 1.29 is 15.3 Å². The first kappa shape index (κ1) is 7.15. The molecule has 1 rings (SSSR count). The van der Waals surface area contributed by atoms with Gasteiger partial charge in [0.15, 0.2) is 11.5 Å². The van der Waals surface area contributed by atoms with Crippen LogP contribution in [0, 0.1) is 0 Å². The van der Waals surface area contributed by atoms with Crippen LogP contribution in [0.4, 0.5) is 0 Å². The summed E-state index contributed by atoms with van der Waals surface area (Å²) < 4.78 is 0. The predicted molar refractivity (Wildman–Crippen MR) is 36.7 cm³/mol. The van der Waals surface area contributed by atoms with Crippen LogP contribution in [0.15, 0.2) is 23.2 Å². The molecule has 0 amide bonds. The maximum Gasteiger partial charge on any atom is 0.163 e. The van der Waals surface area contributed by atoms with Gasteiger partial charge in [-0.1, -0.05) is 5.57 Å². The van der Waals surface area contributed by atoms with Crippen molar-refractivity contribution in [1.82, 2.24) is 0 Å². The molecule has 1 atom stereocenters. The zero-order valence-electron chi connectivity index (χ0n) is 5.70. The van der Waals surface area contributed by atoms with Crippen LogP contribution >= 0.6 is 0 Å². The summed E-state index contributed by atoms with van der Waals surface area (Å²) in [6.07, 6.45) is 0.919. The van der Waals surface area contributed by atoms with Crippen molar-refractivity contribution in [3.63, 3.8) is 0 Å². The number of hydrogen-bond acceptors (Lipinski definition) is 3. The summed E-state index contributed by atoms with van der Waals surface area (Å²) in [5.41, 5.74) is 0.864. The average Bonchev–Trinajstić information content (AvgIpc) is 1.82. The summed E-state index contributed by atoms with van der Waals surface area (Å²) in [4.78, 5) is 0. The standard InChI is InChI=1S/C7H10O3/c1-4-2-5(8)7(10)6(9)3-4/h2,6,8-10H,3H2,1H3/t6-/m1/s1. The maximum absolute atomic E-state index is 9.01. The first-order chi connectivity index (χ1) is 4.61. The van der Waals surface area contributed by atoms with E-state index in [0.29, 0.717) is 6.42 Å². The van der Waals surface area contributed by atoms with E-state index in [1.165, 1.54) is 6.08 Å². The minimum atomic E-state index is -0.926. The first-order valence-electron chi connectivity index (χ1n) is 3.08. The zero-order valence-corrected chi connectivity index (χ0v) is 5.70. The van der Waals surface area contributed by atoms with Gasteiger partial charge in [0, 0.05) is 6.42 Å². The van der Waals surface area contributed by atoms with E-state index in [0.717, 1.165) is 5.57 Å². The predicted octanol–water partition coefficient (Wildman–Crippen LogP) is 1.02. The molecule has 0 unspecified atom stereocenters. The summed E-state index contributed by atoms with van der Waals surface area (Å²) in [6, 6.07) is 0. The highest BCUT2D eigenvalue weighted by Gasteiger charge is 2.18. The molecule has 0 radical (unpaired) electrons. The van der Waals surface area contributed by atoms with Gasteiger partial charge >= 0.3 is 0 Å². The number of rotatable bonds is 0. The largest absolute Gasteiger partial charge is 0.506 e. The highest BCUT2D eigenvalue weighted by Crippen LogP contribution is 2.20. The topological polar surface area (TPSA) is 60.7 Å². The van der Waals surface area contributed by atoms with Crippen molar-refractivity contribution in [3.05, 3.63) is 23.2 Å². The van der Waals surface area contributed by atoms with Gasteiger partial charge in [-0.15, -0.1) is 0 Å². The van der Waals surface area contributed by atoms with Gasteiger partial charge in [0.25, 0.3) is 0 Å². The van der Waals surface area contributed by atoms with E-state index in [1.54, 1.807) is 6.92 Å². The molecule has 0 fully saturated rings. The van der Waals surface area contributed by atoms with Gasteiger partial charge in [0.05, 0.1) is 0 Å². The van der Waals surface area contributed by atoms with Gasteiger partial charge in [-0.3, -0.25) is 0 Å². The minimum Gasteiger partial charge on any atom is -0.506 e. The Morgan fingerprint density at radius 1 is 1.50 bits per heavy atom. The lowest BCUT2D eigenvalue weighted by Crippen LogP contribution is -2.15.